The van der Waals surface area contributed by atoms with Crippen LogP contribution in [0.2, 0.25) is 5.02 Å². The SMILES string of the molecule is CC(C)C(C)c1cc(F)ccc1Cl. The lowest BCUT2D eigenvalue weighted by atomic mass is 9.90. The molecule has 0 aliphatic carbocycles. The van der Waals surface area contributed by atoms with Crippen molar-refractivity contribution in [1.29, 1.82) is 0 Å². The van der Waals surface area contributed by atoms with Gasteiger partial charge in [-0.25, -0.2) is 4.39 Å². The molecule has 13 heavy (non-hydrogen) atoms. The summed E-state index contributed by atoms with van der Waals surface area (Å²) < 4.78 is 12.9. The van der Waals surface area contributed by atoms with Crippen molar-refractivity contribution in [3.63, 3.8) is 0 Å². The summed E-state index contributed by atoms with van der Waals surface area (Å²) in [5.41, 5.74) is 0.900. The van der Waals surface area contributed by atoms with Crippen LogP contribution in [-0.2, 0) is 0 Å². The lowest BCUT2D eigenvalue weighted by molar-refractivity contribution is 0.530. The van der Waals surface area contributed by atoms with Crippen molar-refractivity contribution in [2.45, 2.75) is 26.7 Å². The standard InChI is InChI=1S/C11H14ClF/c1-7(2)8(3)10-6-9(13)4-5-11(10)12/h4-8H,1-3H3. The first-order valence-electron chi connectivity index (χ1n) is 4.47. The average Bonchev–Trinajstić information content (AvgIpc) is 2.08. The van der Waals surface area contributed by atoms with E-state index in [1.165, 1.54) is 12.1 Å². The van der Waals surface area contributed by atoms with Crippen molar-refractivity contribution in [3.05, 3.63) is 34.6 Å². The maximum Gasteiger partial charge on any atom is 0.123 e. The van der Waals surface area contributed by atoms with Crippen LogP contribution >= 0.6 is 11.6 Å². The average molecular weight is 201 g/mol. The van der Waals surface area contributed by atoms with Gasteiger partial charge in [-0.3, -0.25) is 0 Å². The molecule has 1 aromatic rings. The Labute approximate surface area is 83.7 Å². The minimum absolute atomic E-state index is 0.216. The van der Waals surface area contributed by atoms with Gasteiger partial charge in [-0.1, -0.05) is 32.4 Å². The van der Waals surface area contributed by atoms with Crippen LogP contribution in [0.4, 0.5) is 4.39 Å². The van der Waals surface area contributed by atoms with Gasteiger partial charge in [0.25, 0.3) is 0 Å². The quantitative estimate of drug-likeness (QED) is 0.670. The van der Waals surface area contributed by atoms with E-state index in [0.29, 0.717) is 16.9 Å². The zero-order chi connectivity index (χ0) is 10.0. The zero-order valence-electron chi connectivity index (χ0n) is 8.14. The summed E-state index contributed by atoms with van der Waals surface area (Å²) in [6, 6.07) is 4.52. The maximum absolute atomic E-state index is 12.9. The molecular weight excluding hydrogens is 187 g/mol. The van der Waals surface area contributed by atoms with E-state index in [2.05, 4.69) is 20.8 Å². The molecule has 2 heteroatoms. The Morgan fingerprint density at radius 2 is 1.85 bits per heavy atom. The number of halogens is 2. The summed E-state index contributed by atoms with van der Waals surface area (Å²) in [6.07, 6.45) is 0. The second kappa shape index (κ2) is 4.10. The predicted molar refractivity (Wildman–Crippen MR) is 54.7 cm³/mol. The van der Waals surface area contributed by atoms with Crippen molar-refractivity contribution in [1.82, 2.24) is 0 Å². The molecule has 0 aliphatic heterocycles. The smallest absolute Gasteiger partial charge is 0.123 e. The minimum atomic E-state index is -0.216. The first kappa shape index (κ1) is 10.5. The summed E-state index contributed by atoms with van der Waals surface area (Å²) in [5.74, 6) is 0.550. The fourth-order valence-corrected chi connectivity index (χ4v) is 1.51. The molecule has 0 saturated heterocycles. The molecule has 0 spiro atoms. The summed E-state index contributed by atoms with van der Waals surface area (Å²) >= 11 is 5.97. The number of rotatable bonds is 2. The number of benzene rings is 1. The highest BCUT2D eigenvalue weighted by Gasteiger charge is 2.13. The highest BCUT2D eigenvalue weighted by molar-refractivity contribution is 6.31. The van der Waals surface area contributed by atoms with Gasteiger partial charge in [-0.05, 0) is 35.6 Å². The first-order valence-corrected chi connectivity index (χ1v) is 4.85. The molecule has 0 radical (unpaired) electrons. The van der Waals surface area contributed by atoms with Crippen LogP contribution in [0.15, 0.2) is 18.2 Å². The van der Waals surface area contributed by atoms with Gasteiger partial charge < -0.3 is 0 Å². The normalized spacial score (nSPS) is 13.4. The molecule has 0 fully saturated rings. The van der Waals surface area contributed by atoms with Crippen LogP contribution in [0.25, 0.3) is 0 Å². The lowest BCUT2D eigenvalue weighted by Crippen LogP contribution is -2.03. The number of hydrogen-bond donors (Lipinski definition) is 0. The maximum atomic E-state index is 12.9. The summed E-state index contributed by atoms with van der Waals surface area (Å²) in [5, 5.41) is 0.655. The van der Waals surface area contributed by atoms with Gasteiger partial charge >= 0.3 is 0 Å². The Morgan fingerprint density at radius 1 is 1.23 bits per heavy atom. The second-order valence-electron chi connectivity index (χ2n) is 3.70. The third-order valence-electron chi connectivity index (χ3n) is 2.45. The molecule has 0 nitrogen and oxygen atoms in total. The minimum Gasteiger partial charge on any atom is -0.207 e. The molecule has 0 amide bonds. The first-order chi connectivity index (χ1) is 6.02. The van der Waals surface area contributed by atoms with Gasteiger partial charge in [-0.15, -0.1) is 0 Å². The van der Waals surface area contributed by atoms with Crippen molar-refractivity contribution >= 4 is 11.6 Å². The van der Waals surface area contributed by atoms with Crippen LogP contribution in [0.3, 0.4) is 0 Å². The van der Waals surface area contributed by atoms with Crippen LogP contribution in [-0.4, -0.2) is 0 Å². The van der Waals surface area contributed by atoms with Crippen LogP contribution in [0, 0.1) is 11.7 Å². The van der Waals surface area contributed by atoms with Gasteiger partial charge in [0.1, 0.15) is 5.82 Å². The van der Waals surface area contributed by atoms with Gasteiger partial charge in [0, 0.05) is 5.02 Å². The molecule has 1 unspecified atom stereocenters. The molecule has 0 saturated carbocycles. The Kier molecular flexibility index (Phi) is 3.32. The van der Waals surface area contributed by atoms with E-state index in [-0.39, 0.29) is 5.82 Å². The fraction of sp³-hybridized carbons (Fsp3) is 0.455. The lowest BCUT2D eigenvalue weighted by Gasteiger charge is -2.17. The highest BCUT2D eigenvalue weighted by atomic mass is 35.5. The molecule has 0 aromatic heterocycles. The molecule has 1 aromatic carbocycles. The van der Waals surface area contributed by atoms with Gasteiger partial charge in [0.05, 0.1) is 0 Å². The summed E-state index contributed by atoms with van der Waals surface area (Å²) in [7, 11) is 0. The van der Waals surface area contributed by atoms with Gasteiger partial charge in [0.2, 0.25) is 0 Å². The molecule has 1 rings (SSSR count). The number of hydrogen-bond acceptors (Lipinski definition) is 0. The van der Waals surface area contributed by atoms with E-state index in [9.17, 15) is 4.39 Å². The monoisotopic (exact) mass is 200 g/mol. The van der Waals surface area contributed by atoms with E-state index in [1.807, 2.05) is 0 Å². The molecule has 0 aliphatic rings. The van der Waals surface area contributed by atoms with Crippen LogP contribution in [0.1, 0.15) is 32.3 Å². The van der Waals surface area contributed by atoms with Crippen molar-refractivity contribution in [3.8, 4) is 0 Å². The third kappa shape index (κ3) is 2.44. The predicted octanol–water partition coefficient (Wildman–Crippen LogP) is 4.24. The van der Waals surface area contributed by atoms with E-state index in [0.717, 1.165) is 5.56 Å². The molecule has 1 atom stereocenters. The summed E-state index contributed by atoms with van der Waals surface area (Å²) in [4.78, 5) is 0. The Bertz CT molecular complexity index is 294. The Hall–Kier alpha value is -0.560. The Morgan fingerprint density at radius 3 is 2.38 bits per heavy atom. The fourth-order valence-electron chi connectivity index (χ4n) is 1.22. The van der Waals surface area contributed by atoms with E-state index in [4.69, 9.17) is 11.6 Å². The molecule has 0 N–H and O–H groups in total. The van der Waals surface area contributed by atoms with E-state index >= 15 is 0 Å². The van der Waals surface area contributed by atoms with Crippen LogP contribution < -0.4 is 0 Å². The van der Waals surface area contributed by atoms with Crippen molar-refractivity contribution < 1.29 is 4.39 Å². The Balaban J connectivity index is 3.05. The molecule has 72 valence electrons. The molecule has 0 heterocycles. The largest absolute Gasteiger partial charge is 0.207 e. The van der Waals surface area contributed by atoms with E-state index < -0.39 is 0 Å². The van der Waals surface area contributed by atoms with E-state index in [1.54, 1.807) is 6.07 Å². The van der Waals surface area contributed by atoms with Gasteiger partial charge in [-0.2, -0.15) is 0 Å². The van der Waals surface area contributed by atoms with Crippen molar-refractivity contribution in [2.75, 3.05) is 0 Å². The van der Waals surface area contributed by atoms with Gasteiger partial charge in [0.15, 0.2) is 0 Å². The molecule has 0 bridgehead atoms. The van der Waals surface area contributed by atoms with Crippen LogP contribution in [0.5, 0.6) is 0 Å². The molecular formula is C11H14ClF. The third-order valence-corrected chi connectivity index (χ3v) is 2.79. The van der Waals surface area contributed by atoms with Crippen molar-refractivity contribution in [2.24, 2.45) is 5.92 Å². The zero-order valence-corrected chi connectivity index (χ0v) is 8.90. The second-order valence-corrected chi connectivity index (χ2v) is 4.11. The highest BCUT2D eigenvalue weighted by Crippen LogP contribution is 2.30. The summed E-state index contributed by atoms with van der Waals surface area (Å²) in [6.45, 7) is 6.27. The topological polar surface area (TPSA) is 0 Å².